The molecule has 0 radical (unpaired) electrons. The Morgan fingerprint density at radius 1 is 0.457 bits per heavy atom. The number of nitriles is 2. The van der Waals surface area contributed by atoms with Crippen molar-refractivity contribution in [2.45, 2.75) is 0 Å². The molecule has 0 aliphatic rings. The van der Waals surface area contributed by atoms with Crippen molar-refractivity contribution < 1.29 is 9.47 Å². The average molecular weight is 595 g/mol. The molecule has 0 N–H and O–H groups in total. The molecule has 46 heavy (non-hydrogen) atoms. The number of para-hydroxylation sites is 2. The molecular formula is C40H26N4O2. The molecule has 2 heterocycles. The Bertz CT molecular complexity index is 2410. The van der Waals surface area contributed by atoms with Crippen molar-refractivity contribution in [2.75, 3.05) is 14.2 Å². The molecule has 0 spiro atoms. The normalized spacial score (nSPS) is 11.2. The Balaban J connectivity index is 1.28. The minimum absolute atomic E-state index is 0.491. The minimum Gasteiger partial charge on any atom is -0.497 e. The average Bonchev–Trinajstić information content (AvgIpc) is 3.63. The highest BCUT2D eigenvalue weighted by Crippen LogP contribution is 2.38. The smallest absolute Gasteiger partial charge is 0.119 e. The van der Waals surface area contributed by atoms with Gasteiger partial charge in [0.25, 0.3) is 0 Å². The van der Waals surface area contributed by atoms with Crippen LogP contribution in [0.2, 0.25) is 0 Å². The van der Waals surface area contributed by atoms with E-state index in [1.807, 2.05) is 97.1 Å². The lowest BCUT2D eigenvalue weighted by molar-refractivity contribution is 0.415. The molecule has 218 valence electrons. The van der Waals surface area contributed by atoms with Crippen molar-refractivity contribution >= 4 is 43.6 Å². The fourth-order valence-corrected chi connectivity index (χ4v) is 6.71. The zero-order chi connectivity index (χ0) is 31.4. The van der Waals surface area contributed by atoms with Crippen LogP contribution in [0.4, 0.5) is 0 Å². The minimum atomic E-state index is 0.491. The molecule has 0 atom stereocenters. The van der Waals surface area contributed by atoms with Crippen LogP contribution in [0.25, 0.3) is 66.1 Å². The van der Waals surface area contributed by atoms with Gasteiger partial charge in [-0.15, -0.1) is 0 Å². The summed E-state index contributed by atoms with van der Waals surface area (Å²) in [6.07, 6.45) is 0. The Kier molecular flexibility index (Phi) is 6.23. The number of benzene rings is 6. The molecule has 0 saturated heterocycles. The highest BCUT2D eigenvalue weighted by Gasteiger charge is 2.18. The molecule has 6 nitrogen and oxygen atoms in total. The van der Waals surface area contributed by atoms with Crippen LogP contribution in [0.15, 0.2) is 121 Å². The lowest BCUT2D eigenvalue weighted by Crippen LogP contribution is -1.98. The summed E-state index contributed by atoms with van der Waals surface area (Å²) in [6, 6.07) is 45.1. The van der Waals surface area contributed by atoms with Crippen LogP contribution in [0.1, 0.15) is 11.1 Å². The van der Waals surface area contributed by atoms with Gasteiger partial charge in [0.05, 0.1) is 59.6 Å². The van der Waals surface area contributed by atoms with Crippen molar-refractivity contribution in [3.05, 3.63) is 132 Å². The van der Waals surface area contributed by atoms with E-state index in [4.69, 9.17) is 9.47 Å². The number of hydrogen-bond acceptors (Lipinski definition) is 4. The lowest BCUT2D eigenvalue weighted by atomic mass is 9.95. The van der Waals surface area contributed by atoms with Crippen LogP contribution in [-0.2, 0) is 0 Å². The van der Waals surface area contributed by atoms with Crippen molar-refractivity contribution in [3.8, 4) is 46.1 Å². The van der Waals surface area contributed by atoms with Crippen LogP contribution in [0.5, 0.6) is 11.5 Å². The van der Waals surface area contributed by atoms with Gasteiger partial charge in [-0.1, -0.05) is 48.5 Å². The van der Waals surface area contributed by atoms with Crippen LogP contribution in [-0.4, -0.2) is 23.4 Å². The van der Waals surface area contributed by atoms with Gasteiger partial charge >= 0.3 is 0 Å². The second-order valence-corrected chi connectivity index (χ2v) is 11.2. The largest absolute Gasteiger partial charge is 0.497 e. The topological polar surface area (TPSA) is 75.9 Å². The van der Waals surface area contributed by atoms with Gasteiger partial charge in [0.15, 0.2) is 0 Å². The van der Waals surface area contributed by atoms with E-state index in [-0.39, 0.29) is 0 Å². The first kappa shape index (κ1) is 27.1. The van der Waals surface area contributed by atoms with Crippen LogP contribution >= 0.6 is 0 Å². The van der Waals surface area contributed by atoms with Gasteiger partial charge < -0.3 is 18.6 Å². The van der Waals surface area contributed by atoms with Gasteiger partial charge in [-0.2, -0.15) is 10.5 Å². The molecule has 0 saturated carbocycles. The van der Waals surface area contributed by atoms with Crippen LogP contribution in [0.3, 0.4) is 0 Å². The van der Waals surface area contributed by atoms with Crippen molar-refractivity contribution in [3.63, 3.8) is 0 Å². The van der Waals surface area contributed by atoms with E-state index in [0.29, 0.717) is 22.3 Å². The van der Waals surface area contributed by atoms with Gasteiger partial charge in [-0.3, -0.25) is 0 Å². The van der Waals surface area contributed by atoms with Gasteiger partial charge in [-0.25, -0.2) is 0 Å². The highest BCUT2D eigenvalue weighted by atomic mass is 16.5. The predicted octanol–water partition coefficient (Wildman–Crippen LogP) is 9.31. The molecule has 0 aliphatic heterocycles. The first-order valence-corrected chi connectivity index (χ1v) is 14.9. The molecule has 8 rings (SSSR count). The highest BCUT2D eigenvalue weighted by molar-refractivity contribution is 6.10. The van der Waals surface area contributed by atoms with Crippen molar-refractivity contribution in [2.24, 2.45) is 0 Å². The number of rotatable bonds is 5. The summed E-state index contributed by atoms with van der Waals surface area (Å²) in [7, 11) is 3.33. The zero-order valence-electron chi connectivity index (χ0n) is 25.2. The number of fused-ring (bicyclic) bond motifs is 6. The van der Waals surface area contributed by atoms with Gasteiger partial charge in [0.2, 0.25) is 0 Å². The van der Waals surface area contributed by atoms with Crippen molar-refractivity contribution in [1.82, 2.24) is 9.13 Å². The summed E-state index contributed by atoms with van der Waals surface area (Å²) in [5, 5.41) is 25.1. The lowest BCUT2D eigenvalue weighted by Gasteiger charge is -2.14. The van der Waals surface area contributed by atoms with E-state index < -0.39 is 0 Å². The van der Waals surface area contributed by atoms with E-state index >= 15 is 0 Å². The Labute approximate surface area is 265 Å². The monoisotopic (exact) mass is 594 g/mol. The number of hydrogen-bond donors (Lipinski definition) is 0. The first-order valence-electron chi connectivity index (χ1n) is 14.9. The van der Waals surface area contributed by atoms with Crippen LogP contribution in [0, 0.1) is 22.7 Å². The van der Waals surface area contributed by atoms with E-state index in [1.165, 1.54) is 0 Å². The van der Waals surface area contributed by atoms with E-state index in [2.05, 4.69) is 45.5 Å². The predicted molar refractivity (Wildman–Crippen MR) is 183 cm³/mol. The zero-order valence-corrected chi connectivity index (χ0v) is 25.2. The van der Waals surface area contributed by atoms with Crippen LogP contribution < -0.4 is 9.47 Å². The number of nitrogens with zero attached hydrogens (tertiary/aromatic N) is 4. The summed E-state index contributed by atoms with van der Waals surface area (Å²) in [4.78, 5) is 0. The number of ether oxygens (including phenoxy) is 2. The number of aromatic nitrogens is 2. The van der Waals surface area contributed by atoms with Gasteiger partial charge in [-0.05, 0) is 72.8 Å². The third-order valence-corrected chi connectivity index (χ3v) is 8.81. The van der Waals surface area contributed by atoms with Gasteiger partial charge in [0.1, 0.15) is 11.5 Å². The summed E-state index contributed by atoms with van der Waals surface area (Å²) in [5.74, 6) is 1.58. The Hall–Kier alpha value is -6.50. The van der Waals surface area contributed by atoms with Gasteiger partial charge in [0, 0.05) is 44.0 Å². The maximum Gasteiger partial charge on any atom is 0.119 e. The molecule has 0 aliphatic carbocycles. The second kappa shape index (κ2) is 10.6. The van der Waals surface area contributed by atoms with E-state index in [0.717, 1.165) is 66.5 Å². The molecule has 0 amide bonds. The van der Waals surface area contributed by atoms with E-state index in [9.17, 15) is 10.5 Å². The third-order valence-electron chi connectivity index (χ3n) is 8.81. The molecule has 0 unspecified atom stereocenters. The molecule has 6 heteroatoms. The van der Waals surface area contributed by atoms with E-state index in [1.54, 1.807) is 14.2 Å². The maximum atomic E-state index is 10.4. The summed E-state index contributed by atoms with van der Waals surface area (Å²) >= 11 is 0. The molecule has 2 aromatic heterocycles. The Morgan fingerprint density at radius 3 is 1.28 bits per heavy atom. The molecule has 0 fully saturated rings. The summed E-state index contributed by atoms with van der Waals surface area (Å²) in [6.45, 7) is 0. The van der Waals surface area contributed by atoms with Crippen molar-refractivity contribution in [1.29, 1.82) is 10.5 Å². The Morgan fingerprint density at radius 2 is 0.870 bits per heavy atom. The summed E-state index contributed by atoms with van der Waals surface area (Å²) < 4.78 is 15.3. The fraction of sp³-hybridized carbons (Fsp3) is 0.0500. The fourth-order valence-electron chi connectivity index (χ4n) is 6.71. The first-order chi connectivity index (χ1) is 22.6. The molecule has 0 bridgehead atoms. The molecular weight excluding hydrogens is 568 g/mol. The third kappa shape index (κ3) is 4.02. The number of methoxy groups -OCH3 is 2. The standard InChI is InChI=1S/C40H26N4O2/c1-45-29-13-17-39-35(21-29)33-7-3-5-9-37(33)43(39)27-11-15-31(25(19-27)23-41)32-16-12-28(20-26(32)24-42)44-38-10-6-4-8-34(38)36-22-30(46-2)14-18-40(36)44/h3-22H,1-2H3. The SMILES string of the molecule is COc1ccc2c(c1)c1ccccc1n2-c1ccc(-c2ccc(-n3c4ccccc4c4cc(OC)ccc43)cc2C#N)c(C#N)c1. The summed E-state index contributed by atoms with van der Waals surface area (Å²) in [5.41, 5.74) is 8.25. The molecule has 6 aromatic carbocycles. The second-order valence-electron chi connectivity index (χ2n) is 11.2. The maximum absolute atomic E-state index is 10.4. The molecule has 8 aromatic rings. The quantitative estimate of drug-likeness (QED) is 0.199.